The van der Waals surface area contributed by atoms with Gasteiger partial charge in [0.2, 0.25) is 0 Å². The van der Waals surface area contributed by atoms with Crippen molar-refractivity contribution in [1.29, 1.82) is 0 Å². The van der Waals surface area contributed by atoms with Gasteiger partial charge in [-0.3, -0.25) is 14.8 Å². The summed E-state index contributed by atoms with van der Waals surface area (Å²) in [5.74, 6) is -0.766. The Labute approximate surface area is 134 Å². The van der Waals surface area contributed by atoms with Crippen LogP contribution in [0.15, 0.2) is 54.6 Å². The molecule has 0 radical (unpaired) electrons. The van der Waals surface area contributed by atoms with Gasteiger partial charge in [0.15, 0.2) is 5.78 Å². The summed E-state index contributed by atoms with van der Waals surface area (Å²) in [6.07, 6.45) is 3.24. The Morgan fingerprint density at radius 3 is 2.04 bits per heavy atom. The number of amides is 1. The number of nitrogens with one attached hydrogen (secondary N) is 1. The van der Waals surface area contributed by atoms with Crippen molar-refractivity contribution in [3.8, 4) is 0 Å². The zero-order chi connectivity index (χ0) is 16.8. The van der Waals surface area contributed by atoms with Crippen LogP contribution in [-0.2, 0) is 0 Å². The van der Waals surface area contributed by atoms with Gasteiger partial charge in [-0.25, -0.2) is 5.48 Å². The fourth-order valence-corrected chi connectivity index (χ4v) is 2.00. The Morgan fingerprint density at radius 1 is 0.957 bits per heavy atom. The standard InChI is InChI=1S/C18H18N2O3/c1-20(2)16-10-3-13(4-11-16)5-12-17(21)14-6-8-15(9-7-14)18(22)19-23/h3-12,23H,1-2H3,(H,19,22). The Bertz CT molecular complexity index is 717. The number of carbonyl (C=O) groups is 2. The van der Waals surface area contributed by atoms with Gasteiger partial charge in [0.05, 0.1) is 0 Å². The Balaban J connectivity index is 2.07. The van der Waals surface area contributed by atoms with Crippen molar-refractivity contribution in [3.63, 3.8) is 0 Å². The molecule has 0 bridgehead atoms. The van der Waals surface area contributed by atoms with Crippen LogP contribution in [0.2, 0.25) is 0 Å². The van der Waals surface area contributed by atoms with Crippen molar-refractivity contribution in [1.82, 2.24) is 5.48 Å². The summed E-state index contributed by atoms with van der Waals surface area (Å²) in [6.45, 7) is 0. The van der Waals surface area contributed by atoms with E-state index in [0.29, 0.717) is 5.56 Å². The molecule has 0 fully saturated rings. The highest BCUT2D eigenvalue weighted by Gasteiger charge is 2.06. The molecule has 2 aromatic carbocycles. The molecule has 5 heteroatoms. The molecule has 0 aromatic heterocycles. The van der Waals surface area contributed by atoms with Gasteiger partial charge in [-0.05, 0) is 35.9 Å². The summed E-state index contributed by atoms with van der Waals surface area (Å²) in [5, 5.41) is 8.55. The second-order valence-electron chi connectivity index (χ2n) is 5.20. The molecule has 2 aromatic rings. The third-order valence-electron chi connectivity index (χ3n) is 3.37. The highest BCUT2D eigenvalue weighted by Crippen LogP contribution is 2.14. The van der Waals surface area contributed by atoms with Crippen molar-refractivity contribution >= 4 is 23.5 Å². The minimum absolute atomic E-state index is 0.155. The fourth-order valence-electron chi connectivity index (χ4n) is 2.00. The van der Waals surface area contributed by atoms with E-state index in [9.17, 15) is 9.59 Å². The number of anilines is 1. The van der Waals surface area contributed by atoms with E-state index in [4.69, 9.17) is 5.21 Å². The molecule has 0 spiro atoms. The Hall–Kier alpha value is -2.92. The molecule has 118 valence electrons. The van der Waals surface area contributed by atoms with Crippen molar-refractivity contribution in [2.45, 2.75) is 0 Å². The zero-order valence-corrected chi connectivity index (χ0v) is 13.0. The lowest BCUT2D eigenvalue weighted by molar-refractivity contribution is 0.0706. The van der Waals surface area contributed by atoms with Crippen molar-refractivity contribution in [3.05, 3.63) is 71.3 Å². The van der Waals surface area contributed by atoms with Gasteiger partial charge in [0, 0.05) is 30.9 Å². The lowest BCUT2D eigenvalue weighted by atomic mass is 10.1. The number of ketones is 1. The average molecular weight is 310 g/mol. The molecule has 23 heavy (non-hydrogen) atoms. The van der Waals surface area contributed by atoms with E-state index in [1.165, 1.54) is 18.2 Å². The van der Waals surface area contributed by atoms with Crippen LogP contribution >= 0.6 is 0 Å². The van der Waals surface area contributed by atoms with E-state index in [0.717, 1.165) is 11.3 Å². The summed E-state index contributed by atoms with van der Waals surface area (Å²) in [5.41, 5.74) is 4.32. The molecule has 0 atom stereocenters. The number of benzene rings is 2. The number of hydroxylamine groups is 1. The molecule has 5 nitrogen and oxygen atoms in total. The summed E-state index contributed by atoms with van der Waals surface area (Å²) < 4.78 is 0. The third kappa shape index (κ3) is 4.28. The molecular weight excluding hydrogens is 292 g/mol. The summed E-state index contributed by atoms with van der Waals surface area (Å²) in [6, 6.07) is 13.9. The minimum Gasteiger partial charge on any atom is -0.378 e. The van der Waals surface area contributed by atoms with Gasteiger partial charge in [-0.15, -0.1) is 0 Å². The molecule has 0 unspecified atom stereocenters. The molecule has 0 saturated carbocycles. The molecule has 0 aliphatic heterocycles. The Morgan fingerprint density at radius 2 is 1.52 bits per heavy atom. The molecule has 0 aliphatic carbocycles. The number of carbonyl (C=O) groups excluding carboxylic acids is 2. The predicted octanol–water partition coefficient (Wildman–Crippen LogP) is 2.77. The molecule has 0 aliphatic rings. The number of hydrogen-bond donors (Lipinski definition) is 2. The van der Waals surface area contributed by atoms with E-state index >= 15 is 0 Å². The lowest BCUT2D eigenvalue weighted by Gasteiger charge is -2.11. The number of rotatable bonds is 5. The van der Waals surface area contributed by atoms with Gasteiger partial charge in [-0.1, -0.05) is 30.3 Å². The van der Waals surface area contributed by atoms with Crippen LogP contribution in [0.5, 0.6) is 0 Å². The highest BCUT2D eigenvalue weighted by atomic mass is 16.5. The fraction of sp³-hybridized carbons (Fsp3) is 0.111. The van der Waals surface area contributed by atoms with Gasteiger partial charge < -0.3 is 4.90 Å². The maximum Gasteiger partial charge on any atom is 0.274 e. The Kier molecular flexibility index (Phi) is 5.28. The monoisotopic (exact) mass is 310 g/mol. The van der Waals surface area contributed by atoms with Crippen LogP contribution in [0.25, 0.3) is 6.08 Å². The molecule has 2 rings (SSSR count). The second kappa shape index (κ2) is 7.38. The van der Waals surface area contributed by atoms with E-state index in [1.807, 2.05) is 43.3 Å². The van der Waals surface area contributed by atoms with E-state index in [2.05, 4.69) is 0 Å². The van der Waals surface area contributed by atoms with E-state index in [1.54, 1.807) is 23.7 Å². The molecule has 0 saturated heterocycles. The second-order valence-corrected chi connectivity index (χ2v) is 5.20. The normalized spacial score (nSPS) is 10.6. The van der Waals surface area contributed by atoms with Crippen LogP contribution in [0.4, 0.5) is 5.69 Å². The van der Waals surface area contributed by atoms with Crippen molar-refractivity contribution in [2.75, 3.05) is 19.0 Å². The number of allylic oxidation sites excluding steroid dienone is 1. The van der Waals surface area contributed by atoms with E-state index < -0.39 is 5.91 Å². The molecule has 2 N–H and O–H groups in total. The van der Waals surface area contributed by atoms with Crippen LogP contribution in [-0.4, -0.2) is 31.0 Å². The first-order valence-electron chi connectivity index (χ1n) is 7.05. The maximum absolute atomic E-state index is 12.1. The largest absolute Gasteiger partial charge is 0.378 e. The zero-order valence-electron chi connectivity index (χ0n) is 13.0. The smallest absolute Gasteiger partial charge is 0.274 e. The summed E-state index contributed by atoms with van der Waals surface area (Å²) >= 11 is 0. The molecular formula is C18H18N2O3. The number of nitrogens with zero attached hydrogens (tertiary/aromatic N) is 1. The maximum atomic E-state index is 12.1. The average Bonchev–Trinajstić information content (AvgIpc) is 2.59. The van der Waals surface area contributed by atoms with Gasteiger partial charge in [0.25, 0.3) is 5.91 Å². The van der Waals surface area contributed by atoms with Gasteiger partial charge in [0.1, 0.15) is 0 Å². The van der Waals surface area contributed by atoms with Crippen LogP contribution in [0, 0.1) is 0 Å². The van der Waals surface area contributed by atoms with Gasteiger partial charge >= 0.3 is 0 Å². The SMILES string of the molecule is CN(C)c1ccc(C=CC(=O)c2ccc(C(=O)NO)cc2)cc1. The first-order chi connectivity index (χ1) is 11.0. The van der Waals surface area contributed by atoms with Gasteiger partial charge in [-0.2, -0.15) is 0 Å². The first-order valence-corrected chi connectivity index (χ1v) is 7.05. The van der Waals surface area contributed by atoms with Crippen molar-refractivity contribution in [2.24, 2.45) is 0 Å². The third-order valence-corrected chi connectivity index (χ3v) is 3.37. The lowest BCUT2D eigenvalue weighted by Crippen LogP contribution is -2.18. The highest BCUT2D eigenvalue weighted by molar-refractivity contribution is 6.07. The van der Waals surface area contributed by atoms with Crippen LogP contribution < -0.4 is 10.4 Å². The van der Waals surface area contributed by atoms with Crippen molar-refractivity contribution < 1.29 is 14.8 Å². The minimum atomic E-state index is -0.611. The van der Waals surface area contributed by atoms with Crippen LogP contribution in [0.3, 0.4) is 0 Å². The quantitative estimate of drug-likeness (QED) is 0.385. The topological polar surface area (TPSA) is 69.6 Å². The number of hydrogen-bond acceptors (Lipinski definition) is 4. The van der Waals surface area contributed by atoms with E-state index in [-0.39, 0.29) is 11.3 Å². The first kappa shape index (κ1) is 16.5. The molecule has 1 amide bonds. The molecule has 0 heterocycles. The summed E-state index contributed by atoms with van der Waals surface area (Å²) in [4.78, 5) is 25.3. The summed E-state index contributed by atoms with van der Waals surface area (Å²) in [7, 11) is 3.93. The predicted molar refractivity (Wildman–Crippen MR) is 89.8 cm³/mol. The van der Waals surface area contributed by atoms with Crippen LogP contribution in [0.1, 0.15) is 26.3 Å².